The van der Waals surface area contributed by atoms with Crippen LogP contribution in [-0.4, -0.2) is 6.10 Å². The van der Waals surface area contributed by atoms with Gasteiger partial charge in [0.2, 0.25) is 0 Å². The van der Waals surface area contributed by atoms with E-state index in [1.54, 1.807) is 0 Å². The van der Waals surface area contributed by atoms with Gasteiger partial charge in [-0.15, -0.1) is 0 Å². The molecular weight excluding hydrogens is 136 g/mol. The van der Waals surface area contributed by atoms with E-state index < -0.39 is 0 Å². The van der Waals surface area contributed by atoms with Gasteiger partial charge in [-0.2, -0.15) is 0 Å². The molecule has 2 aliphatic rings. The van der Waals surface area contributed by atoms with Crippen molar-refractivity contribution in [3.8, 4) is 0 Å². The molecule has 0 aromatic carbocycles. The fourth-order valence-electron chi connectivity index (χ4n) is 1.22. The number of hydrogen-bond donors (Lipinski definition) is 0. The van der Waals surface area contributed by atoms with E-state index in [4.69, 9.17) is 4.74 Å². The Hall–Kier alpha value is -0.720. The van der Waals surface area contributed by atoms with Gasteiger partial charge in [0.15, 0.2) is 0 Å². The Morgan fingerprint density at radius 2 is 2.09 bits per heavy atom. The highest BCUT2D eigenvalue weighted by molar-refractivity contribution is 5.19. The molecule has 0 radical (unpaired) electrons. The van der Waals surface area contributed by atoms with Gasteiger partial charge in [0.05, 0.1) is 11.9 Å². The molecule has 1 fully saturated rings. The van der Waals surface area contributed by atoms with Crippen LogP contribution in [0.2, 0.25) is 0 Å². The predicted molar refractivity (Wildman–Crippen MR) is 45.2 cm³/mol. The lowest BCUT2D eigenvalue weighted by Gasteiger charge is -2.12. The van der Waals surface area contributed by atoms with Crippen LogP contribution in [0.4, 0.5) is 0 Å². The molecule has 11 heavy (non-hydrogen) atoms. The second-order valence-electron chi connectivity index (χ2n) is 3.46. The van der Waals surface area contributed by atoms with Gasteiger partial charge in [0, 0.05) is 6.42 Å². The lowest BCUT2D eigenvalue weighted by molar-refractivity contribution is 0.186. The van der Waals surface area contributed by atoms with Crippen LogP contribution in [0.1, 0.15) is 32.6 Å². The zero-order valence-corrected chi connectivity index (χ0v) is 6.97. The monoisotopic (exact) mass is 150 g/mol. The quantitative estimate of drug-likeness (QED) is 0.588. The molecule has 0 aromatic rings. The van der Waals surface area contributed by atoms with Gasteiger partial charge < -0.3 is 4.74 Å². The minimum atomic E-state index is 0.563. The second-order valence-corrected chi connectivity index (χ2v) is 3.46. The molecule has 0 N–H and O–H groups in total. The van der Waals surface area contributed by atoms with Crippen LogP contribution in [0.15, 0.2) is 23.5 Å². The van der Waals surface area contributed by atoms with Gasteiger partial charge >= 0.3 is 0 Å². The van der Waals surface area contributed by atoms with E-state index in [0.717, 1.165) is 6.42 Å². The Balaban J connectivity index is 1.92. The topological polar surface area (TPSA) is 9.23 Å². The normalized spacial score (nSPS) is 24.1. The van der Waals surface area contributed by atoms with Crippen molar-refractivity contribution in [2.75, 3.05) is 0 Å². The van der Waals surface area contributed by atoms with Gasteiger partial charge in [0.25, 0.3) is 0 Å². The van der Waals surface area contributed by atoms with E-state index in [9.17, 15) is 0 Å². The molecule has 1 nitrogen and oxygen atoms in total. The van der Waals surface area contributed by atoms with Crippen LogP contribution in [0.3, 0.4) is 0 Å². The van der Waals surface area contributed by atoms with Crippen molar-refractivity contribution in [2.45, 2.75) is 38.7 Å². The smallest absolute Gasteiger partial charge is 0.0985 e. The molecule has 0 spiro atoms. The Morgan fingerprint density at radius 3 is 2.64 bits per heavy atom. The van der Waals surface area contributed by atoms with Crippen LogP contribution >= 0.6 is 0 Å². The van der Waals surface area contributed by atoms with Crippen LogP contribution in [-0.2, 0) is 4.74 Å². The lowest BCUT2D eigenvalue weighted by atomic mass is 10.1. The summed E-state index contributed by atoms with van der Waals surface area (Å²) in [6.07, 6.45) is 9.67. The van der Waals surface area contributed by atoms with E-state index in [1.165, 1.54) is 30.6 Å². The SMILES string of the molecule is CC1=CC=C(OC2CC2)CC1. The Kier molecular flexibility index (Phi) is 1.72. The third-order valence-electron chi connectivity index (χ3n) is 2.16. The van der Waals surface area contributed by atoms with Gasteiger partial charge in [0.1, 0.15) is 0 Å². The fourth-order valence-corrected chi connectivity index (χ4v) is 1.22. The van der Waals surface area contributed by atoms with Crippen molar-refractivity contribution >= 4 is 0 Å². The predicted octanol–water partition coefficient (Wildman–Crippen LogP) is 2.79. The Bertz CT molecular complexity index is 209. The summed E-state index contributed by atoms with van der Waals surface area (Å²) in [5, 5.41) is 0. The van der Waals surface area contributed by atoms with Crippen LogP contribution in [0, 0.1) is 0 Å². The average molecular weight is 150 g/mol. The zero-order valence-electron chi connectivity index (χ0n) is 6.97. The first-order chi connectivity index (χ1) is 5.34. The largest absolute Gasteiger partial charge is 0.495 e. The van der Waals surface area contributed by atoms with Crippen molar-refractivity contribution in [1.82, 2.24) is 0 Å². The van der Waals surface area contributed by atoms with Crippen LogP contribution < -0.4 is 0 Å². The van der Waals surface area contributed by atoms with E-state index in [1.807, 2.05) is 0 Å². The summed E-state index contributed by atoms with van der Waals surface area (Å²) in [6.45, 7) is 2.17. The van der Waals surface area contributed by atoms with Crippen molar-refractivity contribution in [3.63, 3.8) is 0 Å². The summed E-state index contributed by atoms with van der Waals surface area (Å²) in [5.41, 5.74) is 1.47. The molecule has 1 saturated carbocycles. The highest BCUT2D eigenvalue weighted by atomic mass is 16.5. The summed E-state index contributed by atoms with van der Waals surface area (Å²) in [6, 6.07) is 0. The van der Waals surface area contributed by atoms with Gasteiger partial charge in [-0.3, -0.25) is 0 Å². The second kappa shape index (κ2) is 2.72. The van der Waals surface area contributed by atoms with E-state index >= 15 is 0 Å². The van der Waals surface area contributed by atoms with Crippen molar-refractivity contribution in [3.05, 3.63) is 23.5 Å². The average Bonchev–Trinajstić information content (AvgIpc) is 2.78. The van der Waals surface area contributed by atoms with Crippen molar-refractivity contribution < 1.29 is 4.74 Å². The van der Waals surface area contributed by atoms with Crippen molar-refractivity contribution in [2.24, 2.45) is 0 Å². The molecule has 2 aliphatic carbocycles. The van der Waals surface area contributed by atoms with Crippen LogP contribution in [0.5, 0.6) is 0 Å². The molecular formula is C10H14O. The third-order valence-corrected chi connectivity index (χ3v) is 2.16. The van der Waals surface area contributed by atoms with Crippen molar-refractivity contribution in [1.29, 1.82) is 0 Å². The first-order valence-electron chi connectivity index (χ1n) is 4.37. The highest BCUT2D eigenvalue weighted by Gasteiger charge is 2.24. The number of allylic oxidation sites excluding steroid dienone is 4. The maximum absolute atomic E-state index is 5.67. The summed E-state index contributed by atoms with van der Waals surface area (Å²) >= 11 is 0. The van der Waals surface area contributed by atoms with Gasteiger partial charge in [-0.25, -0.2) is 0 Å². The van der Waals surface area contributed by atoms with E-state index in [-0.39, 0.29) is 0 Å². The number of hydrogen-bond acceptors (Lipinski definition) is 1. The maximum Gasteiger partial charge on any atom is 0.0985 e. The van der Waals surface area contributed by atoms with Gasteiger partial charge in [-0.05, 0) is 32.3 Å². The molecule has 1 heteroatoms. The Morgan fingerprint density at radius 1 is 1.27 bits per heavy atom. The summed E-state index contributed by atoms with van der Waals surface area (Å²) in [5.74, 6) is 1.19. The molecule has 0 saturated heterocycles. The number of rotatable bonds is 2. The standard InChI is InChI=1S/C10H14O/c1-8-2-4-9(5-3-8)11-10-6-7-10/h2,4,10H,3,5-7H2,1H3. The van der Waals surface area contributed by atoms with E-state index in [2.05, 4.69) is 19.1 Å². The highest BCUT2D eigenvalue weighted by Crippen LogP contribution is 2.29. The molecule has 0 unspecified atom stereocenters. The first kappa shape index (κ1) is 6.96. The summed E-state index contributed by atoms with van der Waals surface area (Å²) < 4.78 is 5.67. The first-order valence-corrected chi connectivity index (χ1v) is 4.37. The van der Waals surface area contributed by atoms with E-state index in [0.29, 0.717) is 6.10 Å². The Labute approximate surface area is 67.7 Å². The molecule has 60 valence electrons. The zero-order chi connectivity index (χ0) is 7.68. The molecule has 2 rings (SSSR count). The molecule has 0 amide bonds. The maximum atomic E-state index is 5.67. The molecule has 0 bridgehead atoms. The third kappa shape index (κ3) is 1.86. The summed E-state index contributed by atoms with van der Waals surface area (Å²) in [7, 11) is 0. The molecule has 0 heterocycles. The number of ether oxygens (including phenoxy) is 1. The minimum Gasteiger partial charge on any atom is -0.495 e. The molecule has 0 aromatic heterocycles. The van der Waals surface area contributed by atoms with Gasteiger partial charge in [-0.1, -0.05) is 11.6 Å². The minimum absolute atomic E-state index is 0.563. The summed E-state index contributed by atoms with van der Waals surface area (Å²) in [4.78, 5) is 0. The lowest BCUT2D eigenvalue weighted by Crippen LogP contribution is -1.97. The van der Waals surface area contributed by atoms with Crippen LogP contribution in [0.25, 0.3) is 0 Å². The molecule has 0 atom stereocenters. The molecule has 0 aliphatic heterocycles. The fraction of sp³-hybridized carbons (Fsp3) is 0.600.